The molecule has 6 aromatic carbocycles. The molecule has 2 atom stereocenters. The second kappa shape index (κ2) is 32.6. The zero-order valence-electron chi connectivity index (χ0n) is 55.9. The molecule has 0 fully saturated rings. The van der Waals surface area contributed by atoms with Crippen LogP contribution in [0.4, 0.5) is 18.4 Å². The number of urea groups is 2. The van der Waals surface area contributed by atoms with Crippen LogP contribution in [0, 0.1) is 11.6 Å². The molecule has 6 heterocycles. The number of amides is 5. The van der Waals surface area contributed by atoms with Gasteiger partial charge in [-0.25, -0.2) is 33.1 Å². The predicted octanol–water partition coefficient (Wildman–Crippen LogP) is 17.8. The summed E-state index contributed by atoms with van der Waals surface area (Å²) in [5, 5.41) is 10.9. The third kappa shape index (κ3) is 17.3. The van der Waals surface area contributed by atoms with Crippen LogP contribution < -0.4 is 21.7 Å². The first kappa shape index (κ1) is 69.9. The molecule has 5 N–H and O–H groups in total. The molecule has 2 aliphatic rings. The van der Waals surface area contributed by atoms with E-state index in [0.717, 1.165) is 104 Å². The molecule has 10 aromatic rings. The number of nitrogens with zero attached hydrogens (tertiary/aromatic N) is 4. The molecule has 5 amide bonds. The van der Waals surface area contributed by atoms with Crippen LogP contribution in [0.2, 0.25) is 17.4 Å². The van der Waals surface area contributed by atoms with Crippen molar-refractivity contribution in [2.45, 2.75) is 142 Å². The van der Waals surface area contributed by atoms with Crippen molar-refractivity contribution < 1.29 is 41.5 Å². The average Bonchev–Trinajstić information content (AvgIpc) is 1.64. The number of ether oxygens (including phenoxy) is 1. The Balaban J connectivity index is 0.000000189. The Morgan fingerprint density at radius 1 is 0.568 bits per heavy atom. The maximum Gasteiger partial charge on any atom is 0.356 e. The number of esters is 1. The highest BCUT2D eigenvalue weighted by Gasteiger charge is 2.39. The first-order valence-electron chi connectivity index (χ1n) is 32.8. The molecule has 4 aromatic heterocycles. The molecule has 12 rings (SSSR count). The summed E-state index contributed by atoms with van der Waals surface area (Å²) in [5.74, 6) is 6.91. The van der Waals surface area contributed by atoms with Crippen LogP contribution in [0.5, 0.6) is 0 Å². The highest BCUT2D eigenvalue weighted by molar-refractivity contribution is 6.54. The summed E-state index contributed by atoms with van der Waals surface area (Å²) in [4.78, 5) is 66.3. The number of rotatable bonds is 16. The first-order chi connectivity index (χ1) is 45.8. The predicted molar refractivity (Wildman–Crippen MR) is 375 cm³/mol. The van der Waals surface area contributed by atoms with Gasteiger partial charge in [0.2, 0.25) is 0 Å². The second-order valence-corrected chi connectivity index (χ2v) is 28.4. The van der Waals surface area contributed by atoms with Gasteiger partial charge in [0.1, 0.15) is 45.7 Å². The maximum atomic E-state index is 14.3. The number of hydrogen-bond donors (Lipinski definition) is 4. The number of hydrogen-bond acceptors (Lipinski definition) is 10. The van der Waals surface area contributed by atoms with E-state index in [1.165, 1.54) is 12.1 Å². The van der Waals surface area contributed by atoms with Crippen molar-refractivity contribution in [1.29, 1.82) is 0 Å². The zero-order chi connectivity index (χ0) is 67.9. The number of benzene rings is 6. The molecule has 0 aliphatic carbocycles. The number of furan rings is 2. The van der Waals surface area contributed by atoms with E-state index in [9.17, 15) is 28.0 Å². The summed E-state index contributed by atoms with van der Waals surface area (Å²) < 4.78 is 44.3. The second-order valence-electron chi connectivity index (χ2n) is 24.9. The van der Waals surface area contributed by atoms with E-state index in [1.807, 2.05) is 147 Å². The van der Waals surface area contributed by atoms with Crippen molar-refractivity contribution in [3.8, 4) is 45.2 Å². The number of aromatic nitrogens is 2. The summed E-state index contributed by atoms with van der Waals surface area (Å²) in [6.07, 6.45) is 3.29. The van der Waals surface area contributed by atoms with Crippen LogP contribution in [0.3, 0.4) is 0 Å². The van der Waals surface area contributed by atoms with Crippen LogP contribution >= 0.6 is 0 Å². The average molecular weight is 1300 g/mol. The lowest BCUT2D eigenvalue weighted by molar-refractivity contribution is 0.0519. The summed E-state index contributed by atoms with van der Waals surface area (Å²) in [5.41, 5.74) is 16.8. The Kier molecular flexibility index (Phi) is 24.0. The summed E-state index contributed by atoms with van der Waals surface area (Å²) in [6.45, 7) is 15.1. The van der Waals surface area contributed by atoms with Crippen molar-refractivity contribution in [3.63, 3.8) is 0 Å². The summed E-state index contributed by atoms with van der Waals surface area (Å²) in [6, 6.07) is 51.5. The monoisotopic (exact) mass is 1300 g/mol. The van der Waals surface area contributed by atoms with Gasteiger partial charge in [-0.15, -0.1) is 17.4 Å². The quantitative estimate of drug-likeness (QED) is 0.0533. The maximum absolute atomic E-state index is 14.3. The lowest BCUT2D eigenvalue weighted by Crippen LogP contribution is -2.42. The van der Waals surface area contributed by atoms with Gasteiger partial charge in [0.05, 0.1) is 30.1 Å². The largest absolute Gasteiger partial charge is 0.461 e. The van der Waals surface area contributed by atoms with Crippen molar-refractivity contribution in [3.05, 3.63) is 226 Å². The van der Waals surface area contributed by atoms with Crippen LogP contribution in [-0.2, 0) is 30.9 Å². The molecule has 492 valence electrons. The molecular weight excluding hydrogens is 1210 g/mol. The molecule has 95 heavy (non-hydrogen) atoms. The van der Waals surface area contributed by atoms with Gasteiger partial charge in [-0.1, -0.05) is 136 Å². The molecule has 0 saturated heterocycles. The van der Waals surface area contributed by atoms with Gasteiger partial charge in [0.15, 0.2) is 0 Å². The standard InChI is InChI=1S/C36H35FN4O3.C31H33N3O4.C7H8FN.3CH3.Al/c1-4-10-30-33-27(21-41(30)36(43)39-22(2)3)18-29(35(42)38-20-26-12-5-7-15-28(26)37)40-34(33)25-14-9-13-23(17-25)32-19-24-11-6-8-16-31(24)44-32;1-5-10-25-28-23(18-34(25)31(36)32-19(3)4)16-24(30(35)37-6-2)33-29(28)22-13-9-12-20(15-22)27-17-21-11-7-8-14-26(21)38-27;8-7-4-2-1-3-6(7)5-9;;;;/h5-9,11-19,22,30H,4,10,20-21H2,1-3H3,(H,38,42)(H,39,43);7-9,11-17,19,25H,5-6,10,18H2,1-4H3,(H,32,36);1-4H,5,9H2;3*1H3;/t30-;25-;;;;;/m11...../s1. The molecule has 18 heteroatoms. The fourth-order valence-corrected chi connectivity index (χ4v) is 11.7. The normalized spacial score (nSPS) is 13.6. The van der Waals surface area contributed by atoms with E-state index >= 15 is 0 Å². The van der Waals surface area contributed by atoms with Crippen molar-refractivity contribution >= 4 is 60.0 Å². The Morgan fingerprint density at radius 2 is 0.989 bits per heavy atom. The minimum absolute atomic E-state index is 0.0154. The Hall–Kier alpha value is -9.47. The lowest BCUT2D eigenvalue weighted by Gasteiger charge is -2.27. The molecule has 15 nitrogen and oxygen atoms in total. The van der Waals surface area contributed by atoms with Gasteiger partial charge in [-0.3, -0.25) is 4.79 Å². The Morgan fingerprint density at radius 3 is 1.41 bits per heavy atom. The van der Waals surface area contributed by atoms with Crippen LogP contribution in [0.1, 0.15) is 141 Å². The smallest absolute Gasteiger partial charge is 0.356 e. The minimum atomic E-state index is -0.470. The van der Waals surface area contributed by atoms with Crippen molar-refractivity contribution in [2.24, 2.45) is 5.73 Å². The number of halogens is 2. The number of carbonyl (C=O) groups is 4. The van der Waals surface area contributed by atoms with Crippen molar-refractivity contribution in [2.75, 3.05) is 6.61 Å². The summed E-state index contributed by atoms with van der Waals surface area (Å²) >= 11 is -0.139. The number of nitrogens with two attached hydrogens (primary N) is 1. The fraction of sp³-hybridized carbons (Fsp3) is 0.299. The third-order valence-corrected chi connectivity index (χ3v) is 15.8. The van der Waals surface area contributed by atoms with E-state index < -0.39 is 11.9 Å². The van der Waals surface area contributed by atoms with Crippen molar-refractivity contribution in [1.82, 2.24) is 35.7 Å². The Labute approximate surface area is 559 Å². The van der Waals surface area contributed by atoms with Crippen LogP contribution in [-0.4, -0.2) is 76.5 Å². The fourth-order valence-electron chi connectivity index (χ4n) is 11.7. The molecule has 0 bridgehead atoms. The minimum Gasteiger partial charge on any atom is -0.461 e. The number of carbonyl (C=O) groups excluding carboxylic acids is 4. The number of fused-ring (bicyclic) bond motifs is 4. The Bertz CT molecular complexity index is 4250. The SMILES string of the molecule is CCC[C@@H]1c2c(cc(C(=O)NCc3ccccc3F)nc2-c2cccc(-c3cc4ccccc4o3)c2)CN1C(=O)NC(C)C.CCC[C@@H]1c2c(cc(C(=O)OCC)nc2-c2cccc(-c3cc4ccccc4o3)c2)CN1C(=O)NC(C)C.NCc1ccccc1F.[CH3][Al]([CH3])[CH3]. The number of para-hydroxylation sites is 2. The molecular formula is C77H85AlF2N8O7. The van der Waals surface area contributed by atoms with Gasteiger partial charge in [0.25, 0.3) is 20.1 Å². The van der Waals surface area contributed by atoms with Crippen LogP contribution in [0.25, 0.3) is 67.1 Å². The molecule has 0 saturated carbocycles. The third-order valence-electron chi connectivity index (χ3n) is 15.8. The van der Waals surface area contributed by atoms with Gasteiger partial charge in [-0.2, -0.15) is 0 Å². The highest BCUT2D eigenvalue weighted by atomic mass is 27.2. The zero-order valence-corrected chi connectivity index (χ0v) is 57.1. The number of pyridine rings is 2. The van der Waals surface area contributed by atoms with E-state index in [2.05, 4.69) is 47.2 Å². The molecule has 2 aliphatic heterocycles. The van der Waals surface area contributed by atoms with E-state index in [-0.39, 0.29) is 93.1 Å². The van der Waals surface area contributed by atoms with E-state index in [1.54, 1.807) is 55.5 Å². The summed E-state index contributed by atoms with van der Waals surface area (Å²) in [7, 11) is 0. The molecule has 0 spiro atoms. The lowest BCUT2D eigenvalue weighted by atomic mass is 9.94. The topological polar surface area (TPSA) is 198 Å². The van der Waals surface area contributed by atoms with E-state index in [4.69, 9.17) is 29.3 Å². The van der Waals surface area contributed by atoms with Gasteiger partial charge < -0.3 is 45.1 Å². The van der Waals surface area contributed by atoms with E-state index in [0.29, 0.717) is 35.6 Å². The first-order valence-corrected chi connectivity index (χ1v) is 36.3. The van der Waals surface area contributed by atoms with Crippen LogP contribution in [0.15, 0.2) is 179 Å². The highest BCUT2D eigenvalue weighted by Crippen LogP contribution is 2.45. The van der Waals surface area contributed by atoms with Gasteiger partial charge in [0, 0.05) is 93.5 Å². The molecule has 0 radical (unpaired) electrons. The number of nitrogens with one attached hydrogen (secondary N) is 3. The van der Waals surface area contributed by atoms with Gasteiger partial charge >= 0.3 is 18.0 Å². The van der Waals surface area contributed by atoms with Gasteiger partial charge in [-0.05, 0) is 119 Å². The molecule has 0 unspecified atom stereocenters.